The number of nitrogens with two attached hydrogens (primary N) is 1. The fraction of sp³-hybridized carbons (Fsp3) is 1.00. The largest absolute Gasteiger partial charge is 0.394 e. The lowest BCUT2D eigenvalue weighted by Gasteiger charge is -2.07. The molecule has 0 rings (SSSR count). The molecular formula is C5H15N3O2. The Bertz CT molecular complexity index is 71.9. The van der Waals surface area contributed by atoms with Gasteiger partial charge in [-0.05, 0) is 0 Å². The lowest BCUT2D eigenvalue weighted by Crippen LogP contribution is -2.36. The zero-order chi connectivity index (χ0) is 7.82. The Hall–Kier alpha value is -0.200. The minimum absolute atomic E-state index is 0.205. The van der Waals surface area contributed by atoms with Crippen molar-refractivity contribution in [3.63, 3.8) is 0 Å². The van der Waals surface area contributed by atoms with Crippen LogP contribution in [0.4, 0.5) is 0 Å². The van der Waals surface area contributed by atoms with Gasteiger partial charge in [0.25, 0.3) is 0 Å². The number of hydrazine groups is 1. The van der Waals surface area contributed by atoms with E-state index < -0.39 is 6.10 Å². The molecule has 62 valence electrons. The van der Waals surface area contributed by atoms with Crippen LogP contribution >= 0.6 is 0 Å². The molecule has 10 heavy (non-hydrogen) atoms. The second-order valence-corrected chi connectivity index (χ2v) is 1.99. The van der Waals surface area contributed by atoms with E-state index in [4.69, 9.17) is 16.1 Å². The van der Waals surface area contributed by atoms with Crippen molar-refractivity contribution in [2.45, 2.75) is 6.10 Å². The molecule has 5 nitrogen and oxygen atoms in total. The van der Waals surface area contributed by atoms with Gasteiger partial charge in [0.15, 0.2) is 0 Å². The number of rotatable bonds is 6. The van der Waals surface area contributed by atoms with Crippen molar-refractivity contribution in [1.29, 1.82) is 0 Å². The van der Waals surface area contributed by atoms with Gasteiger partial charge in [0, 0.05) is 19.6 Å². The summed E-state index contributed by atoms with van der Waals surface area (Å²) in [5.74, 6) is 4.98. The zero-order valence-corrected chi connectivity index (χ0v) is 5.88. The molecule has 0 saturated carbocycles. The fourth-order valence-electron chi connectivity index (χ4n) is 0.494. The highest BCUT2D eigenvalue weighted by atomic mass is 16.3. The quantitative estimate of drug-likeness (QED) is 0.162. The summed E-state index contributed by atoms with van der Waals surface area (Å²) in [6.45, 7) is 1.53. The first kappa shape index (κ1) is 9.80. The van der Waals surface area contributed by atoms with Crippen LogP contribution in [0.15, 0.2) is 0 Å². The molecular weight excluding hydrogens is 134 g/mol. The summed E-state index contributed by atoms with van der Waals surface area (Å²) >= 11 is 0. The van der Waals surface area contributed by atoms with Crippen molar-refractivity contribution in [2.75, 3.05) is 26.2 Å². The van der Waals surface area contributed by atoms with Crippen molar-refractivity contribution in [3.8, 4) is 0 Å². The van der Waals surface area contributed by atoms with Gasteiger partial charge in [-0.2, -0.15) is 0 Å². The number of hydrogen-bond donors (Lipinski definition) is 5. The highest BCUT2D eigenvalue weighted by Crippen LogP contribution is 1.74. The maximum Gasteiger partial charge on any atom is 0.0894 e. The van der Waals surface area contributed by atoms with Gasteiger partial charge in [-0.15, -0.1) is 0 Å². The van der Waals surface area contributed by atoms with Crippen LogP contribution in [0.1, 0.15) is 0 Å². The van der Waals surface area contributed by atoms with E-state index in [1.54, 1.807) is 0 Å². The molecule has 0 aromatic rings. The monoisotopic (exact) mass is 149 g/mol. The molecule has 0 amide bonds. The van der Waals surface area contributed by atoms with E-state index in [2.05, 4.69) is 10.7 Å². The van der Waals surface area contributed by atoms with E-state index in [1.807, 2.05) is 0 Å². The van der Waals surface area contributed by atoms with Crippen LogP contribution in [0, 0.1) is 0 Å². The van der Waals surface area contributed by atoms with Crippen LogP contribution in [0.5, 0.6) is 0 Å². The van der Waals surface area contributed by atoms with Crippen molar-refractivity contribution in [3.05, 3.63) is 0 Å². The van der Waals surface area contributed by atoms with Gasteiger partial charge in [0.05, 0.1) is 12.7 Å². The maximum absolute atomic E-state index is 8.79. The van der Waals surface area contributed by atoms with Crippen LogP contribution in [-0.2, 0) is 0 Å². The molecule has 0 bridgehead atoms. The first-order valence-corrected chi connectivity index (χ1v) is 3.24. The van der Waals surface area contributed by atoms with Crippen LogP contribution < -0.4 is 16.6 Å². The van der Waals surface area contributed by atoms with E-state index in [0.717, 1.165) is 0 Å². The highest BCUT2D eigenvalue weighted by Gasteiger charge is 1.98. The SMILES string of the molecule is NNCCNCC(O)CO. The van der Waals surface area contributed by atoms with Gasteiger partial charge in [0.2, 0.25) is 0 Å². The average Bonchev–Trinajstić information content (AvgIpc) is 1.98. The van der Waals surface area contributed by atoms with Gasteiger partial charge in [-0.25, -0.2) is 0 Å². The normalized spacial score (nSPS) is 13.5. The fourth-order valence-corrected chi connectivity index (χ4v) is 0.494. The lowest BCUT2D eigenvalue weighted by molar-refractivity contribution is 0.0947. The molecule has 0 saturated heterocycles. The van der Waals surface area contributed by atoms with E-state index >= 15 is 0 Å². The van der Waals surface area contributed by atoms with Gasteiger partial charge in [0.1, 0.15) is 0 Å². The Labute approximate surface area is 60.2 Å². The van der Waals surface area contributed by atoms with Crippen LogP contribution in [0.2, 0.25) is 0 Å². The number of aliphatic hydroxyl groups excluding tert-OH is 2. The third-order valence-corrected chi connectivity index (χ3v) is 1.04. The van der Waals surface area contributed by atoms with Crippen molar-refractivity contribution < 1.29 is 10.2 Å². The minimum Gasteiger partial charge on any atom is -0.394 e. The molecule has 1 atom stereocenters. The first-order chi connectivity index (χ1) is 4.81. The van der Waals surface area contributed by atoms with Gasteiger partial charge in [-0.3, -0.25) is 11.3 Å². The van der Waals surface area contributed by atoms with E-state index in [0.29, 0.717) is 19.6 Å². The molecule has 6 N–H and O–H groups in total. The molecule has 1 unspecified atom stereocenters. The third-order valence-electron chi connectivity index (χ3n) is 1.04. The predicted octanol–water partition coefficient (Wildman–Crippen LogP) is -2.61. The third kappa shape index (κ3) is 5.93. The molecule has 0 heterocycles. The molecule has 0 aliphatic rings. The standard InChI is InChI=1S/C5H15N3O2/c6-8-2-1-7-3-5(10)4-9/h5,7-10H,1-4,6H2. The number of nitrogens with one attached hydrogen (secondary N) is 2. The highest BCUT2D eigenvalue weighted by molar-refractivity contribution is 4.56. The summed E-state index contributed by atoms with van der Waals surface area (Å²) in [6, 6.07) is 0. The van der Waals surface area contributed by atoms with E-state index in [9.17, 15) is 0 Å². The summed E-state index contributed by atoms with van der Waals surface area (Å²) in [4.78, 5) is 0. The first-order valence-electron chi connectivity index (χ1n) is 3.24. The predicted molar refractivity (Wildman–Crippen MR) is 38.2 cm³/mol. The van der Waals surface area contributed by atoms with Crippen LogP contribution in [0.25, 0.3) is 0 Å². The molecule has 0 fully saturated rings. The summed E-state index contributed by atoms with van der Waals surface area (Å²) in [6.07, 6.45) is -0.669. The Balaban J connectivity index is 2.89. The molecule has 5 heteroatoms. The Morgan fingerprint density at radius 1 is 1.40 bits per heavy atom. The Kier molecular flexibility index (Phi) is 6.78. The number of aliphatic hydroxyl groups is 2. The van der Waals surface area contributed by atoms with Gasteiger partial charge >= 0.3 is 0 Å². The summed E-state index contributed by atoms with van der Waals surface area (Å²) in [5, 5.41) is 20.0. The Morgan fingerprint density at radius 3 is 2.60 bits per heavy atom. The summed E-state index contributed by atoms with van der Waals surface area (Å²) in [7, 11) is 0. The smallest absolute Gasteiger partial charge is 0.0894 e. The molecule has 0 aliphatic carbocycles. The van der Waals surface area contributed by atoms with Crippen LogP contribution in [-0.4, -0.2) is 42.6 Å². The Morgan fingerprint density at radius 2 is 2.10 bits per heavy atom. The maximum atomic E-state index is 8.79. The average molecular weight is 149 g/mol. The summed E-state index contributed by atoms with van der Waals surface area (Å²) < 4.78 is 0. The van der Waals surface area contributed by atoms with Crippen molar-refractivity contribution in [2.24, 2.45) is 5.84 Å². The molecule has 0 aromatic heterocycles. The second-order valence-electron chi connectivity index (χ2n) is 1.99. The molecule has 0 spiro atoms. The molecule has 0 aliphatic heterocycles. The minimum atomic E-state index is -0.669. The van der Waals surface area contributed by atoms with Crippen molar-refractivity contribution >= 4 is 0 Å². The molecule has 0 radical (unpaired) electrons. The van der Waals surface area contributed by atoms with Gasteiger partial charge < -0.3 is 15.5 Å². The van der Waals surface area contributed by atoms with Crippen LogP contribution in [0.3, 0.4) is 0 Å². The number of hydrogen-bond acceptors (Lipinski definition) is 5. The molecule has 0 aromatic carbocycles. The van der Waals surface area contributed by atoms with Gasteiger partial charge in [-0.1, -0.05) is 0 Å². The van der Waals surface area contributed by atoms with Crippen molar-refractivity contribution in [1.82, 2.24) is 10.7 Å². The lowest BCUT2D eigenvalue weighted by atomic mass is 10.4. The summed E-state index contributed by atoms with van der Waals surface area (Å²) in [5.41, 5.74) is 2.45. The zero-order valence-electron chi connectivity index (χ0n) is 5.88. The topological polar surface area (TPSA) is 90.5 Å². The second kappa shape index (κ2) is 6.91. The van der Waals surface area contributed by atoms with E-state index in [-0.39, 0.29) is 6.61 Å². The van der Waals surface area contributed by atoms with E-state index in [1.165, 1.54) is 0 Å².